The summed E-state index contributed by atoms with van der Waals surface area (Å²) in [5, 5.41) is 12.0. The third kappa shape index (κ3) is 2.51. The normalized spacial score (nSPS) is 24.1. The van der Waals surface area contributed by atoms with E-state index >= 15 is 0 Å². The second-order valence-corrected chi connectivity index (χ2v) is 5.13. The summed E-state index contributed by atoms with van der Waals surface area (Å²) >= 11 is 0. The van der Waals surface area contributed by atoms with Crippen molar-refractivity contribution in [2.45, 2.75) is 44.9 Å². The molecule has 0 saturated heterocycles. The molecule has 2 aliphatic rings. The molecule has 0 bridgehead atoms. The highest BCUT2D eigenvalue weighted by atomic mass is 16.3. The van der Waals surface area contributed by atoms with E-state index in [9.17, 15) is 4.79 Å². The number of carbonyl (C=O) groups is 1. The number of hydrogen-bond donors (Lipinski definition) is 2. The Morgan fingerprint density at radius 1 is 1.33 bits per heavy atom. The Morgan fingerprint density at radius 3 is 2.53 bits per heavy atom. The molecule has 0 aromatic carbocycles. The molecular formula is C12H21NO2. The number of nitrogens with one attached hydrogen (secondary N) is 1. The topological polar surface area (TPSA) is 49.3 Å². The van der Waals surface area contributed by atoms with Crippen molar-refractivity contribution in [3.63, 3.8) is 0 Å². The van der Waals surface area contributed by atoms with Gasteiger partial charge < -0.3 is 10.4 Å². The van der Waals surface area contributed by atoms with Gasteiger partial charge in [-0.2, -0.15) is 0 Å². The molecule has 1 amide bonds. The van der Waals surface area contributed by atoms with Crippen LogP contribution in [0.4, 0.5) is 0 Å². The summed E-state index contributed by atoms with van der Waals surface area (Å²) in [5.41, 5.74) is -0.393. The number of aliphatic hydroxyl groups excluding tert-OH is 1. The zero-order valence-corrected chi connectivity index (χ0v) is 9.30. The molecule has 2 aliphatic carbocycles. The Labute approximate surface area is 91.2 Å². The molecule has 0 radical (unpaired) electrons. The van der Waals surface area contributed by atoms with Gasteiger partial charge in [-0.1, -0.05) is 25.7 Å². The molecular weight excluding hydrogens is 190 g/mol. The minimum Gasteiger partial charge on any atom is -0.395 e. The van der Waals surface area contributed by atoms with Gasteiger partial charge in [-0.15, -0.1) is 0 Å². The van der Waals surface area contributed by atoms with Crippen LogP contribution in [-0.4, -0.2) is 24.2 Å². The van der Waals surface area contributed by atoms with Crippen LogP contribution in [0.3, 0.4) is 0 Å². The van der Waals surface area contributed by atoms with E-state index in [1.807, 2.05) is 0 Å². The van der Waals surface area contributed by atoms with Crippen molar-refractivity contribution in [1.29, 1.82) is 0 Å². The molecule has 3 heteroatoms. The summed E-state index contributed by atoms with van der Waals surface area (Å²) in [6.45, 7) is 0.813. The minimum absolute atomic E-state index is 0.0161. The van der Waals surface area contributed by atoms with E-state index in [2.05, 4.69) is 5.32 Å². The predicted octanol–water partition coefficient (Wildman–Crippen LogP) is 1.46. The summed E-state index contributed by atoms with van der Waals surface area (Å²) in [7, 11) is 0. The lowest BCUT2D eigenvalue weighted by Gasteiger charge is -2.14. The van der Waals surface area contributed by atoms with E-state index < -0.39 is 5.41 Å². The van der Waals surface area contributed by atoms with Gasteiger partial charge in [0.15, 0.2) is 0 Å². The monoisotopic (exact) mass is 211 g/mol. The maximum Gasteiger partial charge on any atom is 0.228 e. The number of rotatable bonds is 5. The second-order valence-electron chi connectivity index (χ2n) is 5.13. The summed E-state index contributed by atoms with van der Waals surface area (Å²) in [6, 6.07) is 0. The van der Waals surface area contributed by atoms with Gasteiger partial charge in [0.1, 0.15) is 0 Å². The number of amides is 1. The van der Waals surface area contributed by atoms with E-state index in [0.717, 1.165) is 31.7 Å². The van der Waals surface area contributed by atoms with Gasteiger partial charge in [-0.25, -0.2) is 0 Å². The van der Waals surface area contributed by atoms with Crippen molar-refractivity contribution in [3.8, 4) is 0 Å². The lowest BCUT2D eigenvalue weighted by atomic mass is 10.0. The van der Waals surface area contributed by atoms with Crippen LogP contribution in [0.5, 0.6) is 0 Å². The molecule has 2 rings (SSSR count). The predicted molar refractivity (Wildman–Crippen MR) is 58.3 cm³/mol. The molecule has 2 saturated carbocycles. The number of carbonyl (C=O) groups excluding carboxylic acids is 1. The van der Waals surface area contributed by atoms with Crippen LogP contribution in [-0.2, 0) is 4.79 Å². The summed E-state index contributed by atoms with van der Waals surface area (Å²) in [6.07, 6.45) is 8.23. The standard InChI is InChI=1S/C12H21NO2/c14-9-12(6-7-12)11(15)13-8-5-10-3-1-2-4-10/h10,14H,1-9H2,(H,13,15). The Kier molecular flexibility index (Phi) is 3.29. The number of aliphatic hydroxyl groups is 1. The van der Waals surface area contributed by atoms with Crippen molar-refractivity contribution in [2.75, 3.05) is 13.2 Å². The third-order valence-electron chi connectivity index (χ3n) is 3.95. The van der Waals surface area contributed by atoms with Gasteiger partial charge in [-0.3, -0.25) is 4.79 Å². The van der Waals surface area contributed by atoms with Crippen LogP contribution in [0.2, 0.25) is 0 Å². The molecule has 0 heterocycles. The Hall–Kier alpha value is -0.570. The van der Waals surface area contributed by atoms with E-state index in [-0.39, 0.29) is 12.5 Å². The second kappa shape index (κ2) is 4.52. The highest BCUT2D eigenvalue weighted by molar-refractivity contribution is 5.85. The largest absolute Gasteiger partial charge is 0.395 e. The first-order valence-corrected chi connectivity index (χ1v) is 6.16. The van der Waals surface area contributed by atoms with Gasteiger partial charge >= 0.3 is 0 Å². The molecule has 0 atom stereocenters. The van der Waals surface area contributed by atoms with Crippen molar-refractivity contribution in [1.82, 2.24) is 5.32 Å². The zero-order chi connectivity index (χ0) is 10.7. The molecule has 0 aromatic rings. The Morgan fingerprint density at radius 2 is 2.00 bits per heavy atom. The van der Waals surface area contributed by atoms with Crippen LogP contribution in [0, 0.1) is 11.3 Å². The van der Waals surface area contributed by atoms with Crippen molar-refractivity contribution >= 4 is 5.91 Å². The molecule has 0 aliphatic heterocycles. The third-order valence-corrected chi connectivity index (χ3v) is 3.95. The molecule has 3 nitrogen and oxygen atoms in total. The van der Waals surface area contributed by atoms with Gasteiger partial charge in [0.05, 0.1) is 12.0 Å². The number of hydrogen-bond acceptors (Lipinski definition) is 2. The fraction of sp³-hybridized carbons (Fsp3) is 0.917. The summed E-state index contributed by atoms with van der Waals surface area (Å²) in [5.74, 6) is 0.901. The van der Waals surface area contributed by atoms with Crippen molar-refractivity contribution in [2.24, 2.45) is 11.3 Å². The average Bonchev–Trinajstić information content (AvgIpc) is 2.90. The first-order chi connectivity index (χ1) is 7.27. The highest BCUT2D eigenvalue weighted by Gasteiger charge is 2.49. The van der Waals surface area contributed by atoms with Crippen LogP contribution < -0.4 is 5.32 Å². The fourth-order valence-corrected chi connectivity index (χ4v) is 2.48. The van der Waals surface area contributed by atoms with Gasteiger partial charge in [0.25, 0.3) is 0 Å². The smallest absolute Gasteiger partial charge is 0.228 e. The zero-order valence-electron chi connectivity index (χ0n) is 9.30. The minimum atomic E-state index is -0.393. The average molecular weight is 211 g/mol. The van der Waals surface area contributed by atoms with E-state index in [0.29, 0.717) is 0 Å². The van der Waals surface area contributed by atoms with E-state index in [1.165, 1.54) is 25.7 Å². The van der Waals surface area contributed by atoms with Crippen LogP contribution in [0.25, 0.3) is 0 Å². The summed E-state index contributed by atoms with van der Waals surface area (Å²) in [4.78, 5) is 11.7. The van der Waals surface area contributed by atoms with Crippen molar-refractivity contribution < 1.29 is 9.90 Å². The maximum absolute atomic E-state index is 11.7. The molecule has 0 spiro atoms. The highest BCUT2D eigenvalue weighted by Crippen LogP contribution is 2.45. The van der Waals surface area contributed by atoms with E-state index in [1.54, 1.807) is 0 Å². The molecule has 2 N–H and O–H groups in total. The van der Waals surface area contributed by atoms with Crippen LogP contribution in [0.15, 0.2) is 0 Å². The maximum atomic E-state index is 11.7. The Balaban J connectivity index is 1.63. The van der Waals surface area contributed by atoms with Crippen LogP contribution in [0.1, 0.15) is 44.9 Å². The first-order valence-electron chi connectivity index (χ1n) is 6.16. The quantitative estimate of drug-likeness (QED) is 0.723. The first kappa shape index (κ1) is 10.9. The SMILES string of the molecule is O=C(NCCC1CCCC1)C1(CO)CC1. The molecule has 2 fully saturated rings. The fourth-order valence-electron chi connectivity index (χ4n) is 2.48. The van der Waals surface area contributed by atoms with Crippen molar-refractivity contribution in [3.05, 3.63) is 0 Å². The van der Waals surface area contributed by atoms with Gasteiger partial charge in [-0.05, 0) is 25.2 Å². The van der Waals surface area contributed by atoms with E-state index in [4.69, 9.17) is 5.11 Å². The van der Waals surface area contributed by atoms with Gasteiger partial charge in [0.2, 0.25) is 5.91 Å². The molecule has 0 aromatic heterocycles. The molecule has 0 unspecified atom stereocenters. The lowest BCUT2D eigenvalue weighted by Crippen LogP contribution is -2.35. The van der Waals surface area contributed by atoms with Crippen LogP contribution >= 0.6 is 0 Å². The molecule has 86 valence electrons. The Bertz CT molecular complexity index is 230. The lowest BCUT2D eigenvalue weighted by molar-refractivity contribution is -0.127. The summed E-state index contributed by atoms with van der Waals surface area (Å²) < 4.78 is 0. The molecule has 15 heavy (non-hydrogen) atoms. The van der Waals surface area contributed by atoms with Gasteiger partial charge in [0, 0.05) is 6.54 Å².